The highest BCUT2D eigenvalue weighted by molar-refractivity contribution is 7.09. The number of carbonyl (C=O) groups is 1. The molecular formula is C9H11N3OS. The van der Waals surface area contributed by atoms with Gasteiger partial charge in [0.2, 0.25) is 5.91 Å². The quantitative estimate of drug-likeness (QED) is 0.813. The second-order valence-electron chi connectivity index (χ2n) is 2.73. The van der Waals surface area contributed by atoms with Crippen molar-refractivity contribution in [2.75, 3.05) is 0 Å². The molecule has 1 aromatic heterocycles. The van der Waals surface area contributed by atoms with Gasteiger partial charge in [0, 0.05) is 11.6 Å². The summed E-state index contributed by atoms with van der Waals surface area (Å²) in [6.45, 7) is 2.23. The van der Waals surface area contributed by atoms with E-state index in [2.05, 4.69) is 10.3 Å². The lowest BCUT2D eigenvalue weighted by molar-refractivity contribution is -0.123. The molecule has 0 saturated carbocycles. The number of amides is 1. The highest BCUT2D eigenvalue weighted by Crippen LogP contribution is 2.04. The van der Waals surface area contributed by atoms with Crippen LogP contribution in [0.5, 0.6) is 0 Å². The number of nitrogens with one attached hydrogen (secondary N) is 1. The van der Waals surface area contributed by atoms with Crippen LogP contribution in [-0.4, -0.2) is 10.9 Å². The van der Waals surface area contributed by atoms with Gasteiger partial charge in [0.15, 0.2) is 0 Å². The van der Waals surface area contributed by atoms with Gasteiger partial charge in [-0.15, -0.1) is 11.3 Å². The summed E-state index contributed by atoms with van der Waals surface area (Å²) < 4.78 is 0. The number of hydrogen-bond donors (Lipinski definition) is 1. The van der Waals surface area contributed by atoms with Gasteiger partial charge in [0.25, 0.3) is 0 Å². The number of rotatable bonds is 4. The molecule has 1 rings (SSSR count). The van der Waals surface area contributed by atoms with Crippen molar-refractivity contribution in [3.63, 3.8) is 0 Å². The molecule has 0 aliphatic heterocycles. The van der Waals surface area contributed by atoms with Crippen LogP contribution in [0.2, 0.25) is 0 Å². The van der Waals surface area contributed by atoms with Gasteiger partial charge in [-0.25, -0.2) is 4.98 Å². The van der Waals surface area contributed by atoms with E-state index in [1.165, 1.54) is 11.3 Å². The Bertz CT molecular complexity index is 328. The highest BCUT2D eigenvalue weighted by atomic mass is 32.1. The third-order valence-electron chi connectivity index (χ3n) is 1.78. The normalized spacial score (nSPS) is 11.7. The van der Waals surface area contributed by atoms with Crippen LogP contribution in [0, 0.1) is 17.2 Å². The Morgan fingerprint density at radius 3 is 3.14 bits per heavy atom. The number of hydrogen-bond acceptors (Lipinski definition) is 4. The predicted octanol–water partition coefficient (Wildman–Crippen LogP) is 1.31. The smallest absolute Gasteiger partial charge is 0.237 e. The molecule has 0 radical (unpaired) electrons. The number of nitriles is 1. The van der Waals surface area contributed by atoms with Gasteiger partial charge in [-0.3, -0.25) is 4.79 Å². The van der Waals surface area contributed by atoms with Gasteiger partial charge in [-0.1, -0.05) is 6.92 Å². The van der Waals surface area contributed by atoms with Crippen LogP contribution in [0.4, 0.5) is 0 Å². The van der Waals surface area contributed by atoms with E-state index in [1.54, 1.807) is 6.20 Å². The lowest BCUT2D eigenvalue weighted by atomic mass is 10.1. The summed E-state index contributed by atoms with van der Waals surface area (Å²) in [6, 6.07) is 1.95. The second kappa shape index (κ2) is 5.35. The molecule has 4 nitrogen and oxygen atoms in total. The molecule has 0 spiro atoms. The third-order valence-corrected chi connectivity index (χ3v) is 2.56. The van der Waals surface area contributed by atoms with Crippen molar-refractivity contribution in [1.29, 1.82) is 5.26 Å². The molecule has 1 heterocycles. The van der Waals surface area contributed by atoms with Crippen LogP contribution in [0.1, 0.15) is 18.4 Å². The summed E-state index contributed by atoms with van der Waals surface area (Å²) in [5.74, 6) is -0.764. The van der Waals surface area contributed by atoms with E-state index in [-0.39, 0.29) is 5.91 Å². The number of aromatic nitrogens is 1. The zero-order valence-electron chi connectivity index (χ0n) is 7.86. The van der Waals surface area contributed by atoms with E-state index >= 15 is 0 Å². The molecule has 1 amide bonds. The minimum Gasteiger partial charge on any atom is -0.348 e. The lowest BCUT2D eigenvalue weighted by Crippen LogP contribution is -2.29. The standard InChI is InChI=1S/C9H11N3OS/c1-2-7(5-10)9(13)12-6-8-11-3-4-14-8/h3-4,7H,2,6H2,1H3,(H,12,13). The van der Waals surface area contributed by atoms with E-state index < -0.39 is 5.92 Å². The SMILES string of the molecule is CCC(C#N)C(=O)NCc1nccs1. The van der Waals surface area contributed by atoms with Gasteiger partial charge in [-0.2, -0.15) is 5.26 Å². The monoisotopic (exact) mass is 209 g/mol. The molecule has 0 fully saturated rings. The van der Waals surface area contributed by atoms with E-state index in [1.807, 2.05) is 18.4 Å². The molecule has 1 unspecified atom stereocenters. The van der Waals surface area contributed by atoms with Gasteiger partial charge in [0.1, 0.15) is 10.9 Å². The molecule has 0 saturated heterocycles. The zero-order valence-corrected chi connectivity index (χ0v) is 8.67. The fourth-order valence-corrected chi connectivity index (χ4v) is 1.52. The molecule has 14 heavy (non-hydrogen) atoms. The second-order valence-corrected chi connectivity index (χ2v) is 3.71. The number of nitrogens with zero attached hydrogens (tertiary/aromatic N) is 2. The van der Waals surface area contributed by atoms with Crippen molar-refractivity contribution in [2.45, 2.75) is 19.9 Å². The molecule has 0 bridgehead atoms. The molecular weight excluding hydrogens is 198 g/mol. The van der Waals surface area contributed by atoms with E-state index in [4.69, 9.17) is 5.26 Å². The Morgan fingerprint density at radius 2 is 2.64 bits per heavy atom. The summed E-state index contributed by atoms with van der Waals surface area (Å²) in [6.07, 6.45) is 2.23. The maximum Gasteiger partial charge on any atom is 0.237 e. The van der Waals surface area contributed by atoms with Crippen molar-refractivity contribution >= 4 is 17.2 Å². The van der Waals surface area contributed by atoms with Crippen LogP contribution >= 0.6 is 11.3 Å². The number of thiazole rings is 1. The van der Waals surface area contributed by atoms with Crippen molar-refractivity contribution < 1.29 is 4.79 Å². The first kappa shape index (κ1) is 10.7. The zero-order chi connectivity index (χ0) is 10.4. The molecule has 0 aliphatic carbocycles. The average molecular weight is 209 g/mol. The fourth-order valence-electron chi connectivity index (χ4n) is 0.962. The molecule has 1 N–H and O–H groups in total. The summed E-state index contributed by atoms with van der Waals surface area (Å²) in [4.78, 5) is 15.4. The maximum absolute atomic E-state index is 11.3. The molecule has 74 valence electrons. The largest absolute Gasteiger partial charge is 0.348 e. The molecule has 1 atom stereocenters. The van der Waals surface area contributed by atoms with Crippen LogP contribution < -0.4 is 5.32 Å². The van der Waals surface area contributed by atoms with Crippen LogP contribution in [-0.2, 0) is 11.3 Å². The van der Waals surface area contributed by atoms with Crippen LogP contribution in [0.15, 0.2) is 11.6 Å². The average Bonchev–Trinajstić information content (AvgIpc) is 2.69. The Balaban J connectivity index is 2.39. The van der Waals surface area contributed by atoms with Crippen molar-refractivity contribution in [1.82, 2.24) is 10.3 Å². The van der Waals surface area contributed by atoms with Crippen LogP contribution in [0.25, 0.3) is 0 Å². The molecule has 1 aromatic rings. The Morgan fingerprint density at radius 1 is 1.86 bits per heavy atom. The van der Waals surface area contributed by atoms with Crippen LogP contribution in [0.3, 0.4) is 0 Å². The highest BCUT2D eigenvalue weighted by Gasteiger charge is 2.14. The summed E-state index contributed by atoms with van der Waals surface area (Å²) in [7, 11) is 0. The number of carbonyl (C=O) groups excluding carboxylic acids is 1. The summed E-state index contributed by atoms with van der Waals surface area (Å²) in [5.41, 5.74) is 0. The Kier molecular flexibility index (Phi) is 4.08. The van der Waals surface area contributed by atoms with Crippen molar-refractivity contribution in [3.05, 3.63) is 16.6 Å². The topological polar surface area (TPSA) is 65.8 Å². The lowest BCUT2D eigenvalue weighted by Gasteiger charge is -2.05. The van der Waals surface area contributed by atoms with Crippen molar-refractivity contribution in [2.24, 2.45) is 5.92 Å². The Labute approximate surface area is 86.6 Å². The van der Waals surface area contributed by atoms with Gasteiger partial charge in [-0.05, 0) is 6.42 Å². The van der Waals surface area contributed by atoms with E-state index in [0.29, 0.717) is 13.0 Å². The first-order valence-corrected chi connectivity index (χ1v) is 5.21. The van der Waals surface area contributed by atoms with E-state index in [0.717, 1.165) is 5.01 Å². The molecule has 5 heteroatoms. The van der Waals surface area contributed by atoms with Gasteiger partial charge < -0.3 is 5.32 Å². The minimum absolute atomic E-state index is 0.217. The maximum atomic E-state index is 11.3. The predicted molar refractivity (Wildman–Crippen MR) is 53.4 cm³/mol. The summed E-state index contributed by atoms with van der Waals surface area (Å²) >= 11 is 1.48. The first-order valence-electron chi connectivity index (χ1n) is 4.33. The minimum atomic E-state index is -0.546. The summed E-state index contributed by atoms with van der Waals surface area (Å²) in [5, 5.41) is 14.0. The van der Waals surface area contributed by atoms with Gasteiger partial charge in [0.05, 0.1) is 12.6 Å². The molecule has 0 aromatic carbocycles. The molecule has 0 aliphatic rings. The van der Waals surface area contributed by atoms with E-state index in [9.17, 15) is 4.79 Å². The fraction of sp³-hybridized carbons (Fsp3) is 0.444. The van der Waals surface area contributed by atoms with Crippen molar-refractivity contribution in [3.8, 4) is 6.07 Å². The third kappa shape index (κ3) is 2.82. The first-order chi connectivity index (χ1) is 6.77. The van der Waals surface area contributed by atoms with Gasteiger partial charge >= 0.3 is 0 Å². The Hall–Kier alpha value is -1.41.